The van der Waals surface area contributed by atoms with Crippen molar-refractivity contribution < 1.29 is 9.53 Å². The Morgan fingerprint density at radius 2 is 2.00 bits per heavy atom. The van der Waals surface area contributed by atoms with Crippen LogP contribution in [-0.2, 0) is 0 Å². The van der Waals surface area contributed by atoms with Gasteiger partial charge in [-0.15, -0.1) is 0 Å². The minimum absolute atomic E-state index is 0.287. The maximum Gasteiger partial charge on any atom is 0.261 e. The van der Waals surface area contributed by atoms with Crippen molar-refractivity contribution in [1.29, 1.82) is 0 Å². The van der Waals surface area contributed by atoms with Gasteiger partial charge < -0.3 is 10.1 Å². The number of nitrogens with one attached hydrogen (secondary N) is 1. The summed E-state index contributed by atoms with van der Waals surface area (Å²) in [6.07, 6.45) is 4.91. The molecule has 0 radical (unpaired) electrons. The number of hydrogen-bond acceptors (Lipinski definition) is 4. The molecule has 0 aliphatic rings. The molecule has 0 atom stereocenters. The summed E-state index contributed by atoms with van der Waals surface area (Å²) in [5.74, 6) is -0.00647. The number of rotatable bonds is 4. The largest absolute Gasteiger partial charge is 0.480 e. The van der Waals surface area contributed by atoms with E-state index in [1.165, 1.54) is 7.11 Å². The lowest BCUT2D eigenvalue weighted by atomic mass is 10.2. The van der Waals surface area contributed by atoms with E-state index in [9.17, 15) is 4.79 Å². The van der Waals surface area contributed by atoms with Gasteiger partial charge in [-0.25, -0.2) is 9.67 Å². The van der Waals surface area contributed by atoms with Crippen molar-refractivity contribution >= 4 is 11.6 Å². The van der Waals surface area contributed by atoms with Gasteiger partial charge in [0.25, 0.3) is 5.91 Å². The first-order valence-corrected chi connectivity index (χ1v) is 6.68. The minimum atomic E-state index is -0.294. The second-order valence-electron chi connectivity index (χ2n) is 4.52. The standard InChI is InChI=1S/C16H14N4O2/c1-22-16-14(8-5-9-17-16)15(21)19-12-10-18-20(11-12)13-6-3-2-4-7-13/h2-11H,1H3,(H,19,21). The molecule has 6 nitrogen and oxygen atoms in total. The van der Waals surface area contributed by atoms with Gasteiger partial charge in [0, 0.05) is 6.20 Å². The monoisotopic (exact) mass is 294 g/mol. The Morgan fingerprint density at radius 1 is 1.18 bits per heavy atom. The van der Waals surface area contributed by atoms with Crippen LogP contribution in [0.3, 0.4) is 0 Å². The summed E-state index contributed by atoms with van der Waals surface area (Å²) < 4.78 is 6.78. The summed E-state index contributed by atoms with van der Waals surface area (Å²) in [6.45, 7) is 0. The predicted octanol–water partition coefficient (Wildman–Crippen LogP) is 2.53. The number of nitrogens with zero attached hydrogens (tertiary/aromatic N) is 3. The molecular weight excluding hydrogens is 280 g/mol. The van der Waals surface area contributed by atoms with Crippen LogP contribution >= 0.6 is 0 Å². The molecule has 0 aliphatic carbocycles. The van der Waals surface area contributed by atoms with E-state index < -0.39 is 0 Å². The van der Waals surface area contributed by atoms with Gasteiger partial charge in [0.1, 0.15) is 5.56 Å². The molecule has 6 heteroatoms. The third kappa shape index (κ3) is 2.80. The fourth-order valence-corrected chi connectivity index (χ4v) is 2.03. The van der Waals surface area contributed by atoms with Crippen molar-refractivity contribution in [3.63, 3.8) is 0 Å². The number of para-hydroxylation sites is 1. The Labute approximate surface area is 127 Å². The average Bonchev–Trinajstić information content (AvgIpc) is 3.04. The van der Waals surface area contributed by atoms with E-state index in [1.807, 2.05) is 30.3 Å². The van der Waals surface area contributed by atoms with Crippen LogP contribution in [0, 0.1) is 0 Å². The number of carbonyl (C=O) groups is 1. The van der Waals surface area contributed by atoms with Gasteiger partial charge in [0.15, 0.2) is 0 Å². The van der Waals surface area contributed by atoms with Gasteiger partial charge in [-0.05, 0) is 24.3 Å². The maximum absolute atomic E-state index is 12.3. The lowest BCUT2D eigenvalue weighted by Gasteiger charge is -2.06. The van der Waals surface area contributed by atoms with Gasteiger partial charge in [-0.2, -0.15) is 5.10 Å². The molecule has 0 bridgehead atoms. The highest BCUT2D eigenvalue weighted by Crippen LogP contribution is 2.17. The van der Waals surface area contributed by atoms with E-state index in [4.69, 9.17) is 4.74 Å². The first-order chi connectivity index (χ1) is 10.8. The van der Waals surface area contributed by atoms with E-state index in [0.717, 1.165) is 5.69 Å². The van der Waals surface area contributed by atoms with Crippen molar-refractivity contribution in [3.05, 3.63) is 66.6 Å². The van der Waals surface area contributed by atoms with E-state index in [0.29, 0.717) is 11.3 Å². The maximum atomic E-state index is 12.3. The molecule has 3 rings (SSSR count). The number of ether oxygens (including phenoxy) is 1. The fraction of sp³-hybridized carbons (Fsp3) is 0.0625. The van der Waals surface area contributed by atoms with Crippen molar-refractivity contribution in [2.45, 2.75) is 0 Å². The molecule has 1 amide bonds. The first-order valence-electron chi connectivity index (χ1n) is 6.68. The lowest BCUT2D eigenvalue weighted by molar-refractivity contribution is 0.102. The molecular formula is C16H14N4O2. The number of hydrogen-bond donors (Lipinski definition) is 1. The minimum Gasteiger partial charge on any atom is -0.480 e. The second-order valence-corrected chi connectivity index (χ2v) is 4.52. The van der Waals surface area contributed by atoms with Crippen molar-refractivity contribution in [2.24, 2.45) is 0 Å². The molecule has 0 spiro atoms. The lowest BCUT2D eigenvalue weighted by Crippen LogP contribution is -2.13. The number of aromatic nitrogens is 3. The Morgan fingerprint density at radius 3 is 2.77 bits per heavy atom. The highest BCUT2D eigenvalue weighted by atomic mass is 16.5. The molecule has 2 aromatic heterocycles. The Bertz CT molecular complexity index is 784. The number of amides is 1. The zero-order valence-electron chi connectivity index (χ0n) is 11.9. The van der Waals surface area contributed by atoms with E-state index in [2.05, 4.69) is 15.4 Å². The molecule has 1 N–H and O–H groups in total. The van der Waals surface area contributed by atoms with E-state index >= 15 is 0 Å². The van der Waals surface area contributed by atoms with Crippen LogP contribution in [0.1, 0.15) is 10.4 Å². The number of benzene rings is 1. The topological polar surface area (TPSA) is 69.0 Å². The summed E-state index contributed by atoms with van der Waals surface area (Å²) in [4.78, 5) is 16.3. The Hall–Kier alpha value is -3.15. The quantitative estimate of drug-likeness (QED) is 0.802. The van der Waals surface area contributed by atoms with Crippen LogP contribution in [0.5, 0.6) is 5.88 Å². The third-order valence-electron chi connectivity index (χ3n) is 3.07. The zero-order chi connectivity index (χ0) is 15.4. The summed E-state index contributed by atoms with van der Waals surface area (Å²) in [6, 6.07) is 13.0. The van der Waals surface area contributed by atoms with E-state index in [-0.39, 0.29) is 11.8 Å². The summed E-state index contributed by atoms with van der Waals surface area (Å²) >= 11 is 0. The van der Waals surface area contributed by atoms with Crippen molar-refractivity contribution in [3.8, 4) is 11.6 Å². The number of pyridine rings is 1. The van der Waals surface area contributed by atoms with Crippen molar-refractivity contribution in [2.75, 3.05) is 12.4 Å². The number of methoxy groups -OCH3 is 1. The molecule has 3 aromatic rings. The Balaban J connectivity index is 1.79. The van der Waals surface area contributed by atoms with Gasteiger partial charge in [0.05, 0.1) is 30.9 Å². The number of carbonyl (C=O) groups excluding carboxylic acids is 1. The van der Waals surface area contributed by atoms with Crippen LogP contribution in [0.2, 0.25) is 0 Å². The zero-order valence-corrected chi connectivity index (χ0v) is 11.9. The van der Waals surface area contributed by atoms with E-state index in [1.54, 1.807) is 35.4 Å². The highest BCUT2D eigenvalue weighted by Gasteiger charge is 2.13. The first kappa shape index (κ1) is 13.8. The molecule has 2 heterocycles. The third-order valence-corrected chi connectivity index (χ3v) is 3.07. The van der Waals surface area contributed by atoms with Gasteiger partial charge in [-0.1, -0.05) is 18.2 Å². The molecule has 0 aliphatic heterocycles. The van der Waals surface area contributed by atoms with Crippen LogP contribution < -0.4 is 10.1 Å². The van der Waals surface area contributed by atoms with Crippen molar-refractivity contribution in [1.82, 2.24) is 14.8 Å². The number of anilines is 1. The van der Waals surface area contributed by atoms with Crippen LogP contribution in [0.4, 0.5) is 5.69 Å². The molecule has 1 aromatic carbocycles. The fourth-order valence-electron chi connectivity index (χ4n) is 2.03. The molecule has 0 saturated heterocycles. The Kier molecular flexibility index (Phi) is 3.82. The smallest absolute Gasteiger partial charge is 0.261 e. The normalized spacial score (nSPS) is 10.2. The SMILES string of the molecule is COc1ncccc1C(=O)Nc1cnn(-c2ccccc2)c1. The summed E-state index contributed by atoms with van der Waals surface area (Å²) in [5, 5.41) is 7.01. The summed E-state index contributed by atoms with van der Waals surface area (Å²) in [5.41, 5.74) is 1.89. The molecule has 0 unspecified atom stereocenters. The molecule has 22 heavy (non-hydrogen) atoms. The van der Waals surface area contributed by atoms with Gasteiger partial charge in [0.2, 0.25) is 5.88 Å². The van der Waals surface area contributed by atoms with Gasteiger partial charge >= 0.3 is 0 Å². The van der Waals surface area contributed by atoms with Crippen LogP contribution in [-0.4, -0.2) is 27.8 Å². The molecule has 0 saturated carbocycles. The van der Waals surface area contributed by atoms with Gasteiger partial charge in [-0.3, -0.25) is 4.79 Å². The van der Waals surface area contributed by atoms with Crippen LogP contribution in [0.25, 0.3) is 5.69 Å². The van der Waals surface area contributed by atoms with Crippen LogP contribution in [0.15, 0.2) is 61.1 Å². The molecule has 110 valence electrons. The molecule has 0 fully saturated rings. The average molecular weight is 294 g/mol. The summed E-state index contributed by atoms with van der Waals surface area (Å²) in [7, 11) is 1.48. The highest BCUT2D eigenvalue weighted by molar-refractivity contribution is 6.05. The predicted molar refractivity (Wildman–Crippen MR) is 82.3 cm³/mol. The second kappa shape index (κ2) is 6.09.